The number of carbonyl (C=O) groups excluding carboxylic acids is 2. The normalized spacial score (nSPS) is 21.2. The molecule has 0 saturated carbocycles. The maximum atomic E-state index is 13.1. The Bertz CT molecular complexity index is 946. The highest BCUT2D eigenvalue weighted by atomic mass is 16.5. The summed E-state index contributed by atoms with van der Waals surface area (Å²) in [5.74, 6) is 1.82. The fourth-order valence-electron chi connectivity index (χ4n) is 4.64. The van der Waals surface area contributed by atoms with Crippen molar-refractivity contribution in [1.82, 2.24) is 9.80 Å². The third kappa shape index (κ3) is 5.49. The van der Waals surface area contributed by atoms with Crippen molar-refractivity contribution in [1.29, 1.82) is 0 Å². The molecule has 2 unspecified atom stereocenters. The van der Waals surface area contributed by atoms with Crippen molar-refractivity contribution < 1.29 is 19.1 Å². The van der Waals surface area contributed by atoms with Gasteiger partial charge in [0.1, 0.15) is 23.4 Å². The van der Waals surface area contributed by atoms with Crippen LogP contribution in [0, 0.1) is 5.92 Å². The first-order chi connectivity index (χ1) is 15.5. The van der Waals surface area contributed by atoms with Crippen LogP contribution in [0.15, 0.2) is 48.5 Å². The average molecular weight is 437 g/mol. The van der Waals surface area contributed by atoms with E-state index in [9.17, 15) is 9.59 Å². The molecule has 0 aliphatic carbocycles. The first kappa shape index (κ1) is 22.3. The summed E-state index contributed by atoms with van der Waals surface area (Å²) in [4.78, 5) is 30.0. The van der Waals surface area contributed by atoms with E-state index in [-0.39, 0.29) is 23.7 Å². The van der Waals surface area contributed by atoms with Gasteiger partial charge in [0.15, 0.2) is 0 Å². The van der Waals surface area contributed by atoms with Crippen LogP contribution < -0.4 is 9.47 Å². The number of methoxy groups -OCH3 is 1. The molecule has 2 atom stereocenters. The molecule has 2 aliphatic rings. The van der Waals surface area contributed by atoms with Crippen molar-refractivity contribution in [2.24, 2.45) is 5.92 Å². The second kappa shape index (κ2) is 10.2. The molecule has 1 amide bonds. The van der Waals surface area contributed by atoms with Gasteiger partial charge in [-0.1, -0.05) is 36.4 Å². The highest BCUT2D eigenvalue weighted by Gasteiger charge is 2.30. The Kier molecular flexibility index (Phi) is 7.10. The summed E-state index contributed by atoms with van der Waals surface area (Å²) < 4.78 is 11.4. The average Bonchev–Trinajstić information content (AvgIpc) is 2.96. The summed E-state index contributed by atoms with van der Waals surface area (Å²) in [6.45, 7) is 4.93. The molecule has 2 heterocycles. The van der Waals surface area contributed by atoms with Gasteiger partial charge in [-0.05, 0) is 31.4 Å². The monoisotopic (exact) mass is 436 g/mol. The number of nitrogens with zero attached hydrogens (tertiary/aromatic N) is 2. The number of Topliss-reactive ketones (excluding diaryl/α,β-unsaturated/α-hetero) is 1. The van der Waals surface area contributed by atoms with Crippen molar-refractivity contribution >= 4 is 11.7 Å². The minimum Gasteiger partial charge on any atom is -0.497 e. The zero-order valence-electron chi connectivity index (χ0n) is 19.0. The maximum Gasteiger partial charge on any atom is 0.236 e. The Morgan fingerprint density at radius 3 is 2.72 bits per heavy atom. The van der Waals surface area contributed by atoms with Crippen LogP contribution in [0.2, 0.25) is 0 Å². The number of benzene rings is 2. The lowest BCUT2D eigenvalue weighted by Gasteiger charge is -2.33. The van der Waals surface area contributed by atoms with Gasteiger partial charge in [0, 0.05) is 50.1 Å². The van der Waals surface area contributed by atoms with Crippen molar-refractivity contribution in [2.75, 3.05) is 33.3 Å². The molecule has 2 aromatic carbocycles. The fraction of sp³-hybridized carbons (Fsp3) is 0.462. The van der Waals surface area contributed by atoms with Gasteiger partial charge < -0.3 is 14.4 Å². The number of carbonyl (C=O) groups is 2. The Hall–Kier alpha value is -2.86. The highest BCUT2D eigenvalue weighted by Crippen LogP contribution is 2.29. The maximum absolute atomic E-state index is 13.1. The van der Waals surface area contributed by atoms with Crippen LogP contribution in [0.4, 0.5) is 0 Å². The van der Waals surface area contributed by atoms with Gasteiger partial charge in [-0.25, -0.2) is 0 Å². The standard InChI is InChI=1S/C26H32N2O4/c1-19-15-27(16-22-10-11-23(31-2)14-25(22)32-19)18-26(30)28-12-6-9-21(17-28)24(29)13-20-7-4-3-5-8-20/h3-5,7-8,10-11,14,19,21H,6,9,12-13,15-18H2,1-2H3. The van der Waals surface area contributed by atoms with Crippen LogP contribution in [-0.2, 0) is 22.6 Å². The zero-order chi connectivity index (χ0) is 22.5. The lowest BCUT2D eigenvalue weighted by molar-refractivity contribution is -0.136. The van der Waals surface area contributed by atoms with Crippen LogP contribution in [-0.4, -0.2) is 60.9 Å². The molecule has 6 heteroatoms. The van der Waals surface area contributed by atoms with E-state index in [0.29, 0.717) is 32.6 Å². The third-order valence-electron chi connectivity index (χ3n) is 6.32. The van der Waals surface area contributed by atoms with Gasteiger partial charge in [0.25, 0.3) is 0 Å². The van der Waals surface area contributed by atoms with Gasteiger partial charge in [-0.2, -0.15) is 0 Å². The minimum absolute atomic E-state index is 0.0299. The summed E-state index contributed by atoms with van der Waals surface area (Å²) in [5, 5.41) is 0. The highest BCUT2D eigenvalue weighted by molar-refractivity contribution is 5.85. The fourth-order valence-corrected chi connectivity index (χ4v) is 4.64. The van der Waals surface area contributed by atoms with E-state index in [1.165, 1.54) is 0 Å². The number of piperidine rings is 1. The SMILES string of the molecule is COc1ccc2c(c1)OC(C)CN(CC(=O)N1CCCC(C(=O)Cc3ccccc3)C1)C2. The molecule has 1 fully saturated rings. The van der Waals surface area contributed by atoms with Crippen LogP contribution in [0.5, 0.6) is 11.5 Å². The number of amides is 1. The van der Waals surface area contributed by atoms with E-state index in [1.54, 1.807) is 7.11 Å². The number of hydrogen-bond acceptors (Lipinski definition) is 5. The molecule has 0 bridgehead atoms. The number of likely N-dealkylation sites (tertiary alicyclic amines) is 1. The van der Waals surface area contributed by atoms with E-state index < -0.39 is 0 Å². The van der Waals surface area contributed by atoms with Gasteiger partial charge in [-0.15, -0.1) is 0 Å². The van der Waals surface area contributed by atoms with E-state index in [1.807, 2.05) is 60.4 Å². The largest absolute Gasteiger partial charge is 0.497 e. The second-order valence-corrected chi connectivity index (χ2v) is 8.88. The van der Waals surface area contributed by atoms with Gasteiger partial charge in [0.2, 0.25) is 5.91 Å². The smallest absolute Gasteiger partial charge is 0.236 e. The van der Waals surface area contributed by atoms with Crippen LogP contribution >= 0.6 is 0 Å². The number of fused-ring (bicyclic) bond motifs is 1. The summed E-state index contributed by atoms with van der Waals surface area (Å²) in [6, 6.07) is 15.7. The number of rotatable bonds is 6. The van der Waals surface area contributed by atoms with Crippen molar-refractivity contribution in [3.8, 4) is 11.5 Å². The molecule has 0 spiro atoms. The first-order valence-electron chi connectivity index (χ1n) is 11.4. The molecule has 170 valence electrons. The quantitative estimate of drug-likeness (QED) is 0.695. The third-order valence-corrected chi connectivity index (χ3v) is 6.32. The van der Waals surface area contributed by atoms with Crippen LogP contribution in [0.25, 0.3) is 0 Å². The van der Waals surface area contributed by atoms with Crippen molar-refractivity contribution in [3.05, 3.63) is 59.7 Å². The molecule has 6 nitrogen and oxygen atoms in total. The molecule has 4 rings (SSSR count). The second-order valence-electron chi connectivity index (χ2n) is 8.88. The number of ether oxygens (including phenoxy) is 2. The molecule has 0 aromatic heterocycles. The summed E-state index contributed by atoms with van der Waals surface area (Å²) in [7, 11) is 1.64. The Morgan fingerprint density at radius 1 is 1.12 bits per heavy atom. The van der Waals surface area contributed by atoms with Crippen LogP contribution in [0.1, 0.15) is 30.9 Å². The van der Waals surface area contributed by atoms with E-state index in [2.05, 4.69) is 4.90 Å². The number of ketones is 1. The molecule has 0 N–H and O–H groups in total. The Morgan fingerprint density at radius 2 is 1.94 bits per heavy atom. The van der Waals surface area contributed by atoms with Gasteiger partial charge in [-0.3, -0.25) is 14.5 Å². The lowest BCUT2D eigenvalue weighted by atomic mass is 9.90. The zero-order valence-corrected chi connectivity index (χ0v) is 19.0. The predicted octanol–water partition coefficient (Wildman–Crippen LogP) is 3.33. The van der Waals surface area contributed by atoms with Crippen molar-refractivity contribution in [3.63, 3.8) is 0 Å². The van der Waals surface area contributed by atoms with E-state index >= 15 is 0 Å². The Balaban J connectivity index is 1.36. The topological polar surface area (TPSA) is 59.1 Å². The van der Waals surface area contributed by atoms with E-state index in [4.69, 9.17) is 9.47 Å². The van der Waals surface area contributed by atoms with Crippen molar-refractivity contribution in [2.45, 2.75) is 38.8 Å². The Labute approximate surface area is 190 Å². The molecular weight excluding hydrogens is 404 g/mol. The van der Waals surface area contributed by atoms with Gasteiger partial charge in [0.05, 0.1) is 13.7 Å². The number of hydrogen-bond donors (Lipinski definition) is 0. The summed E-state index contributed by atoms with van der Waals surface area (Å²) in [5.41, 5.74) is 2.09. The summed E-state index contributed by atoms with van der Waals surface area (Å²) in [6.07, 6.45) is 2.14. The van der Waals surface area contributed by atoms with E-state index in [0.717, 1.165) is 42.0 Å². The summed E-state index contributed by atoms with van der Waals surface area (Å²) >= 11 is 0. The van der Waals surface area contributed by atoms with Gasteiger partial charge >= 0.3 is 0 Å². The lowest BCUT2D eigenvalue weighted by Crippen LogP contribution is -2.47. The molecule has 0 radical (unpaired) electrons. The minimum atomic E-state index is -0.0764. The first-order valence-corrected chi connectivity index (χ1v) is 11.4. The molecule has 32 heavy (non-hydrogen) atoms. The molecule has 2 aliphatic heterocycles. The molecular formula is C26H32N2O4. The molecule has 1 saturated heterocycles. The van der Waals surface area contributed by atoms with Crippen LogP contribution in [0.3, 0.4) is 0 Å². The molecule has 2 aromatic rings. The predicted molar refractivity (Wildman–Crippen MR) is 123 cm³/mol.